The molecule has 1 aliphatic heterocycles. The Kier molecular flexibility index (Phi) is 5.45. The van der Waals surface area contributed by atoms with E-state index < -0.39 is 10.0 Å². The molecule has 30 heavy (non-hydrogen) atoms. The second kappa shape index (κ2) is 8.05. The summed E-state index contributed by atoms with van der Waals surface area (Å²) in [5.41, 5.74) is 4.85. The van der Waals surface area contributed by atoms with E-state index in [1.165, 1.54) is 7.05 Å². The third-order valence-corrected chi connectivity index (χ3v) is 6.95. The monoisotopic (exact) mass is 420 g/mol. The molecule has 0 saturated carbocycles. The second-order valence-electron chi connectivity index (χ2n) is 7.55. The molecule has 0 fully saturated rings. The van der Waals surface area contributed by atoms with Crippen LogP contribution in [0.25, 0.3) is 11.1 Å². The van der Waals surface area contributed by atoms with Crippen LogP contribution in [-0.2, 0) is 27.7 Å². The molecule has 3 aromatic rings. The summed E-state index contributed by atoms with van der Waals surface area (Å²) in [4.78, 5) is 15.0. The third-order valence-electron chi connectivity index (χ3n) is 5.54. The van der Waals surface area contributed by atoms with Gasteiger partial charge in [-0.05, 0) is 54.8 Å². The van der Waals surface area contributed by atoms with Gasteiger partial charge in [0, 0.05) is 11.7 Å². The standard InChI is InChI=1S/C24H24N2O3S/c1-17-14-21-12-13-22(30(28,29)25-2)16-23(21)26(17)24(27)15-18-8-10-20(11-9-18)19-6-4-3-5-7-19/h3-13,16-17,25H,14-15H2,1-2H3. The maximum atomic E-state index is 13.1. The SMILES string of the molecule is CNS(=O)(=O)c1ccc2c(c1)N(C(=O)Cc1ccc(-c3ccccc3)cc1)C(C)C2. The zero-order valence-electron chi connectivity index (χ0n) is 17.0. The molecule has 0 aliphatic carbocycles. The number of rotatable bonds is 5. The Morgan fingerprint density at radius 1 is 1.00 bits per heavy atom. The Hall–Kier alpha value is -2.96. The molecule has 0 saturated heterocycles. The minimum atomic E-state index is -3.56. The number of anilines is 1. The number of hydrogen-bond acceptors (Lipinski definition) is 3. The largest absolute Gasteiger partial charge is 0.309 e. The number of nitrogens with zero attached hydrogens (tertiary/aromatic N) is 1. The first kappa shape index (κ1) is 20.3. The smallest absolute Gasteiger partial charge is 0.240 e. The summed E-state index contributed by atoms with van der Waals surface area (Å²) >= 11 is 0. The van der Waals surface area contributed by atoms with Gasteiger partial charge in [-0.1, -0.05) is 60.7 Å². The quantitative estimate of drug-likeness (QED) is 0.683. The van der Waals surface area contributed by atoms with E-state index in [2.05, 4.69) is 16.9 Å². The van der Waals surface area contributed by atoms with Gasteiger partial charge in [0.15, 0.2) is 0 Å². The first-order valence-electron chi connectivity index (χ1n) is 9.92. The van der Waals surface area contributed by atoms with Crippen LogP contribution in [0, 0.1) is 0 Å². The predicted octanol–water partition coefficient (Wildman–Crippen LogP) is 3.78. The molecule has 5 nitrogen and oxygen atoms in total. The molecule has 1 unspecified atom stereocenters. The number of fused-ring (bicyclic) bond motifs is 1. The summed E-state index contributed by atoms with van der Waals surface area (Å²) in [7, 11) is -2.18. The van der Waals surface area contributed by atoms with Gasteiger partial charge in [0.05, 0.1) is 11.3 Å². The van der Waals surface area contributed by atoms with Crippen LogP contribution in [0.15, 0.2) is 77.7 Å². The minimum Gasteiger partial charge on any atom is -0.309 e. The lowest BCUT2D eigenvalue weighted by Crippen LogP contribution is -2.36. The summed E-state index contributed by atoms with van der Waals surface area (Å²) < 4.78 is 26.7. The average Bonchev–Trinajstić information content (AvgIpc) is 3.10. The maximum absolute atomic E-state index is 13.1. The number of hydrogen-bond donors (Lipinski definition) is 1. The summed E-state index contributed by atoms with van der Waals surface area (Å²) in [6.45, 7) is 1.99. The molecule has 154 valence electrons. The second-order valence-corrected chi connectivity index (χ2v) is 9.44. The molecule has 0 bridgehead atoms. The molecule has 6 heteroatoms. The molecular formula is C24H24N2O3S. The molecule has 0 spiro atoms. The van der Waals surface area contributed by atoms with Crippen LogP contribution in [-0.4, -0.2) is 27.4 Å². The predicted molar refractivity (Wildman–Crippen MR) is 119 cm³/mol. The zero-order valence-corrected chi connectivity index (χ0v) is 17.8. The van der Waals surface area contributed by atoms with Crippen molar-refractivity contribution in [3.63, 3.8) is 0 Å². The van der Waals surface area contributed by atoms with Crippen molar-refractivity contribution in [1.82, 2.24) is 4.72 Å². The van der Waals surface area contributed by atoms with Gasteiger partial charge in [-0.2, -0.15) is 0 Å². The summed E-state index contributed by atoms with van der Waals surface area (Å²) in [5, 5.41) is 0. The van der Waals surface area contributed by atoms with E-state index in [0.29, 0.717) is 12.1 Å². The lowest BCUT2D eigenvalue weighted by Gasteiger charge is -2.23. The molecule has 4 rings (SSSR count). The molecule has 0 radical (unpaired) electrons. The van der Waals surface area contributed by atoms with E-state index in [1.54, 1.807) is 23.1 Å². The van der Waals surface area contributed by atoms with E-state index in [9.17, 15) is 13.2 Å². The highest BCUT2D eigenvalue weighted by Crippen LogP contribution is 2.34. The number of sulfonamides is 1. The fraction of sp³-hybridized carbons (Fsp3) is 0.208. The Morgan fingerprint density at radius 2 is 1.67 bits per heavy atom. The zero-order chi connectivity index (χ0) is 21.3. The lowest BCUT2D eigenvalue weighted by atomic mass is 10.0. The fourth-order valence-electron chi connectivity index (χ4n) is 3.96. The number of carbonyl (C=O) groups excluding carboxylic acids is 1. The van der Waals surface area contributed by atoms with Gasteiger partial charge in [0.25, 0.3) is 0 Å². The molecule has 1 N–H and O–H groups in total. The van der Waals surface area contributed by atoms with Crippen LogP contribution in [0.2, 0.25) is 0 Å². The van der Waals surface area contributed by atoms with Crippen molar-refractivity contribution in [3.05, 3.63) is 83.9 Å². The highest BCUT2D eigenvalue weighted by atomic mass is 32.2. The summed E-state index contributed by atoms with van der Waals surface area (Å²) in [6, 6.07) is 23.1. The molecule has 1 amide bonds. The Bertz CT molecular complexity index is 1170. The Balaban J connectivity index is 1.57. The average molecular weight is 421 g/mol. The van der Waals surface area contributed by atoms with Gasteiger partial charge in [0.2, 0.25) is 15.9 Å². The van der Waals surface area contributed by atoms with E-state index in [0.717, 1.165) is 22.3 Å². The number of carbonyl (C=O) groups is 1. The topological polar surface area (TPSA) is 66.5 Å². The van der Waals surface area contributed by atoms with Crippen molar-refractivity contribution in [2.45, 2.75) is 30.7 Å². The maximum Gasteiger partial charge on any atom is 0.240 e. The minimum absolute atomic E-state index is 0.0105. The van der Waals surface area contributed by atoms with Crippen LogP contribution in [0.5, 0.6) is 0 Å². The summed E-state index contributed by atoms with van der Waals surface area (Å²) in [5.74, 6) is -0.0345. The van der Waals surface area contributed by atoms with Crippen LogP contribution in [0.3, 0.4) is 0 Å². The van der Waals surface area contributed by atoms with Crippen molar-refractivity contribution in [1.29, 1.82) is 0 Å². The highest BCUT2D eigenvalue weighted by Gasteiger charge is 2.32. The van der Waals surface area contributed by atoms with Crippen molar-refractivity contribution in [2.75, 3.05) is 11.9 Å². The van der Waals surface area contributed by atoms with Crippen LogP contribution < -0.4 is 9.62 Å². The van der Waals surface area contributed by atoms with Crippen LogP contribution >= 0.6 is 0 Å². The fourth-order valence-corrected chi connectivity index (χ4v) is 4.71. The van der Waals surface area contributed by atoms with Crippen LogP contribution in [0.4, 0.5) is 5.69 Å². The number of nitrogens with one attached hydrogen (secondary N) is 1. The van der Waals surface area contributed by atoms with Crippen molar-refractivity contribution < 1.29 is 13.2 Å². The molecule has 3 aromatic carbocycles. The van der Waals surface area contributed by atoms with E-state index in [-0.39, 0.29) is 23.3 Å². The molecule has 1 atom stereocenters. The van der Waals surface area contributed by atoms with Gasteiger partial charge in [-0.25, -0.2) is 13.1 Å². The molecule has 1 heterocycles. The van der Waals surface area contributed by atoms with Gasteiger partial charge in [-0.3, -0.25) is 4.79 Å². The van der Waals surface area contributed by atoms with E-state index >= 15 is 0 Å². The van der Waals surface area contributed by atoms with E-state index in [4.69, 9.17) is 0 Å². The van der Waals surface area contributed by atoms with Gasteiger partial charge in [-0.15, -0.1) is 0 Å². The van der Waals surface area contributed by atoms with Gasteiger partial charge in [0.1, 0.15) is 0 Å². The first-order chi connectivity index (χ1) is 14.4. The first-order valence-corrected chi connectivity index (χ1v) is 11.4. The normalized spacial score (nSPS) is 15.8. The number of amides is 1. The highest BCUT2D eigenvalue weighted by molar-refractivity contribution is 7.89. The molecular weight excluding hydrogens is 396 g/mol. The van der Waals surface area contributed by atoms with E-state index in [1.807, 2.05) is 49.4 Å². The molecule has 0 aromatic heterocycles. The van der Waals surface area contributed by atoms with Crippen molar-refractivity contribution in [2.24, 2.45) is 0 Å². The molecule has 1 aliphatic rings. The Labute approximate surface area is 177 Å². The van der Waals surface area contributed by atoms with Gasteiger partial charge >= 0.3 is 0 Å². The third kappa shape index (κ3) is 3.88. The van der Waals surface area contributed by atoms with Gasteiger partial charge < -0.3 is 4.90 Å². The lowest BCUT2D eigenvalue weighted by molar-refractivity contribution is -0.118. The van der Waals surface area contributed by atoms with Crippen molar-refractivity contribution in [3.8, 4) is 11.1 Å². The summed E-state index contributed by atoms with van der Waals surface area (Å²) in [6.07, 6.45) is 0.982. The number of benzene rings is 3. The van der Waals surface area contributed by atoms with Crippen molar-refractivity contribution >= 4 is 21.6 Å². The van der Waals surface area contributed by atoms with Crippen LogP contribution in [0.1, 0.15) is 18.1 Å². The Morgan fingerprint density at radius 3 is 2.33 bits per heavy atom.